The van der Waals surface area contributed by atoms with Crippen molar-refractivity contribution in [2.75, 3.05) is 13.1 Å². The molecule has 130 valence electrons. The first-order valence-electron chi connectivity index (χ1n) is 8.06. The summed E-state index contributed by atoms with van der Waals surface area (Å²) in [5.74, 6) is -1.29. The van der Waals surface area contributed by atoms with E-state index in [1.54, 1.807) is 18.7 Å². The van der Waals surface area contributed by atoms with Crippen molar-refractivity contribution in [1.29, 1.82) is 0 Å². The van der Waals surface area contributed by atoms with Crippen molar-refractivity contribution in [3.8, 4) is 0 Å². The number of carboxylic acids is 1. The molecule has 0 aromatic carbocycles. The summed E-state index contributed by atoms with van der Waals surface area (Å²) in [5.41, 5.74) is 0.795. The number of carbonyl (C=O) groups excluding carboxylic acids is 2. The number of hydrogen-bond acceptors (Lipinski definition) is 5. The van der Waals surface area contributed by atoms with E-state index in [1.165, 1.54) is 0 Å². The van der Waals surface area contributed by atoms with Gasteiger partial charge < -0.3 is 19.8 Å². The van der Waals surface area contributed by atoms with E-state index in [4.69, 9.17) is 4.52 Å². The van der Waals surface area contributed by atoms with Crippen molar-refractivity contribution < 1.29 is 24.0 Å². The Hall–Kier alpha value is -2.38. The van der Waals surface area contributed by atoms with Gasteiger partial charge >= 0.3 is 5.97 Å². The van der Waals surface area contributed by atoms with Crippen molar-refractivity contribution in [1.82, 2.24) is 15.4 Å². The second-order valence-electron chi connectivity index (χ2n) is 6.66. The number of likely N-dealkylation sites (tertiary alicyclic amines) is 1. The predicted molar refractivity (Wildman–Crippen MR) is 82.1 cm³/mol. The van der Waals surface area contributed by atoms with E-state index in [0.29, 0.717) is 37.4 Å². The second-order valence-corrected chi connectivity index (χ2v) is 6.66. The molecule has 24 heavy (non-hydrogen) atoms. The smallest absolute Gasteiger partial charge is 0.309 e. The van der Waals surface area contributed by atoms with Crippen molar-refractivity contribution in [2.45, 2.75) is 45.1 Å². The summed E-state index contributed by atoms with van der Waals surface area (Å²) in [6, 6.07) is 0. The number of rotatable bonds is 3. The van der Waals surface area contributed by atoms with Gasteiger partial charge in [-0.05, 0) is 26.7 Å². The van der Waals surface area contributed by atoms with E-state index in [1.807, 2.05) is 0 Å². The van der Waals surface area contributed by atoms with Crippen LogP contribution in [0.1, 0.15) is 36.3 Å². The third-order valence-electron chi connectivity index (χ3n) is 5.26. The number of aryl methyl sites for hydroxylation is 2. The predicted octanol–water partition coefficient (Wildman–Crippen LogP) is 0.416. The molecule has 0 radical (unpaired) electrons. The quantitative estimate of drug-likeness (QED) is 0.827. The minimum atomic E-state index is -0.955. The molecule has 0 bridgehead atoms. The topological polar surface area (TPSA) is 113 Å². The van der Waals surface area contributed by atoms with Crippen molar-refractivity contribution in [2.24, 2.45) is 5.92 Å². The van der Waals surface area contributed by atoms with Gasteiger partial charge in [0.25, 0.3) is 0 Å². The minimum Gasteiger partial charge on any atom is -0.481 e. The fourth-order valence-electron chi connectivity index (χ4n) is 3.77. The molecule has 1 spiro atoms. The van der Waals surface area contributed by atoms with Gasteiger partial charge in [-0.1, -0.05) is 5.16 Å². The molecule has 2 aliphatic heterocycles. The van der Waals surface area contributed by atoms with Gasteiger partial charge in [0.1, 0.15) is 5.76 Å². The van der Waals surface area contributed by atoms with Crippen LogP contribution in [0, 0.1) is 19.8 Å². The van der Waals surface area contributed by atoms with Gasteiger partial charge in [0.15, 0.2) is 0 Å². The van der Waals surface area contributed by atoms with Crippen LogP contribution in [0.25, 0.3) is 0 Å². The fraction of sp³-hybridized carbons (Fsp3) is 0.625. The lowest BCUT2D eigenvalue weighted by molar-refractivity contribution is -0.145. The zero-order valence-corrected chi connectivity index (χ0v) is 13.8. The largest absolute Gasteiger partial charge is 0.481 e. The number of aromatic nitrogens is 1. The standard InChI is InChI=1S/C16H21N3O5/c1-9-11(10(2)24-18-9)7-14(21)19-5-3-16(4-6-19)12(15(22)23)8-13(20)17-16/h12H,3-8H2,1-2H3,(H,17,20)(H,22,23)/t12-/m1/s1. The normalized spacial score (nSPS) is 22.7. The van der Waals surface area contributed by atoms with Crippen LogP contribution >= 0.6 is 0 Å². The molecular weight excluding hydrogens is 314 g/mol. The van der Waals surface area contributed by atoms with E-state index < -0.39 is 17.4 Å². The Balaban J connectivity index is 1.65. The molecule has 3 heterocycles. The Morgan fingerprint density at radius 2 is 2.04 bits per heavy atom. The van der Waals surface area contributed by atoms with Crippen LogP contribution in [0.5, 0.6) is 0 Å². The molecular formula is C16H21N3O5. The highest BCUT2D eigenvalue weighted by atomic mass is 16.5. The molecule has 2 N–H and O–H groups in total. The molecule has 2 saturated heterocycles. The molecule has 3 rings (SSSR count). The van der Waals surface area contributed by atoms with Gasteiger partial charge in [0.05, 0.1) is 23.6 Å². The number of carbonyl (C=O) groups is 3. The van der Waals surface area contributed by atoms with Gasteiger partial charge in [0, 0.05) is 25.1 Å². The van der Waals surface area contributed by atoms with Crippen LogP contribution in [-0.4, -0.2) is 51.6 Å². The summed E-state index contributed by atoms with van der Waals surface area (Å²) in [7, 11) is 0. The average Bonchev–Trinajstić information content (AvgIpc) is 3.02. The van der Waals surface area contributed by atoms with Crippen molar-refractivity contribution in [3.05, 3.63) is 17.0 Å². The molecule has 2 aliphatic rings. The number of carboxylic acid groups (broad SMARTS) is 1. The second kappa shape index (κ2) is 5.92. The van der Waals surface area contributed by atoms with E-state index in [-0.39, 0.29) is 24.7 Å². The van der Waals surface area contributed by atoms with Gasteiger partial charge in [0.2, 0.25) is 11.8 Å². The Bertz CT molecular complexity index is 668. The molecule has 2 fully saturated rings. The first-order chi connectivity index (χ1) is 11.3. The maximum atomic E-state index is 12.5. The highest BCUT2D eigenvalue weighted by Crippen LogP contribution is 2.37. The Morgan fingerprint density at radius 1 is 1.38 bits per heavy atom. The van der Waals surface area contributed by atoms with Crippen LogP contribution < -0.4 is 5.32 Å². The third kappa shape index (κ3) is 2.76. The van der Waals surface area contributed by atoms with Crippen molar-refractivity contribution >= 4 is 17.8 Å². The summed E-state index contributed by atoms with van der Waals surface area (Å²) in [5, 5.41) is 16.1. The summed E-state index contributed by atoms with van der Waals surface area (Å²) < 4.78 is 5.08. The molecule has 8 heteroatoms. The van der Waals surface area contributed by atoms with Crippen LogP contribution in [0.4, 0.5) is 0 Å². The zero-order valence-electron chi connectivity index (χ0n) is 13.8. The average molecular weight is 335 g/mol. The van der Waals surface area contributed by atoms with Gasteiger partial charge in [-0.25, -0.2) is 0 Å². The molecule has 0 aliphatic carbocycles. The lowest BCUT2D eigenvalue weighted by Crippen LogP contribution is -2.56. The van der Waals surface area contributed by atoms with E-state index >= 15 is 0 Å². The van der Waals surface area contributed by atoms with Crippen molar-refractivity contribution in [3.63, 3.8) is 0 Å². The molecule has 0 unspecified atom stereocenters. The van der Waals surface area contributed by atoms with Gasteiger partial charge in [-0.15, -0.1) is 0 Å². The van der Waals surface area contributed by atoms with Crippen LogP contribution in [0.15, 0.2) is 4.52 Å². The number of nitrogens with zero attached hydrogens (tertiary/aromatic N) is 2. The monoisotopic (exact) mass is 335 g/mol. The fourth-order valence-corrected chi connectivity index (χ4v) is 3.77. The van der Waals surface area contributed by atoms with Crippen LogP contribution in [0.2, 0.25) is 0 Å². The summed E-state index contributed by atoms with van der Waals surface area (Å²) in [6.07, 6.45) is 1.16. The molecule has 1 aromatic heterocycles. The number of aliphatic carboxylic acids is 1. The van der Waals surface area contributed by atoms with E-state index in [9.17, 15) is 19.5 Å². The van der Waals surface area contributed by atoms with Gasteiger partial charge in [-0.3, -0.25) is 14.4 Å². The van der Waals surface area contributed by atoms with Gasteiger partial charge in [-0.2, -0.15) is 0 Å². The highest BCUT2D eigenvalue weighted by Gasteiger charge is 2.51. The molecule has 8 nitrogen and oxygen atoms in total. The molecule has 2 amide bonds. The molecule has 0 saturated carbocycles. The zero-order chi connectivity index (χ0) is 17.5. The summed E-state index contributed by atoms with van der Waals surface area (Å²) in [4.78, 5) is 37.3. The Morgan fingerprint density at radius 3 is 2.58 bits per heavy atom. The maximum Gasteiger partial charge on any atom is 0.309 e. The Kier molecular flexibility index (Phi) is 4.06. The number of hydrogen-bond donors (Lipinski definition) is 2. The highest BCUT2D eigenvalue weighted by molar-refractivity contribution is 5.88. The summed E-state index contributed by atoms with van der Waals surface area (Å²) in [6.45, 7) is 4.45. The maximum absolute atomic E-state index is 12.5. The lowest BCUT2D eigenvalue weighted by Gasteiger charge is -2.41. The number of nitrogens with one attached hydrogen (secondary N) is 1. The van der Waals surface area contributed by atoms with Crippen LogP contribution in [-0.2, 0) is 20.8 Å². The molecule has 1 aromatic rings. The molecule has 1 atom stereocenters. The lowest BCUT2D eigenvalue weighted by atomic mass is 9.77. The minimum absolute atomic E-state index is 0.0162. The Labute approximate surface area is 139 Å². The number of amides is 2. The SMILES string of the molecule is Cc1noc(C)c1CC(=O)N1CCC2(CC1)NC(=O)C[C@@H]2C(=O)O. The number of piperidine rings is 1. The first-order valence-corrected chi connectivity index (χ1v) is 8.06. The van der Waals surface area contributed by atoms with E-state index in [0.717, 1.165) is 5.56 Å². The first kappa shape index (κ1) is 16.5. The summed E-state index contributed by atoms with van der Waals surface area (Å²) >= 11 is 0. The third-order valence-corrected chi connectivity index (χ3v) is 5.26. The van der Waals surface area contributed by atoms with Crippen LogP contribution in [0.3, 0.4) is 0 Å². The van der Waals surface area contributed by atoms with E-state index in [2.05, 4.69) is 10.5 Å².